The summed E-state index contributed by atoms with van der Waals surface area (Å²) in [4.78, 5) is 18.9. The Labute approximate surface area is 153 Å². The summed E-state index contributed by atoms with van der Waals surface area (Å²) in [5.41, 5.74) is 4.57. The van der Waals surface area contributed by atoms with E-state index in [2.05, 4.69) is 11.1 Å². The molecular formula is C20H23N3OS. The van der Waals surface area contributed by atoms with Crippen molar-refractivity contribution in [2.75, 3.05) is 12.3 Å². The van der Waals surface area contributed by atoms with Crippen LogP contribution in [0.1, 0.15) is 34.9 Å². The van der Waals surface area contributed by atoms with Gasteiger partial charge in [-0.15, -0.1) is 0 Å². The minimum atomic E-state index is 0.0536. The number of thioether (sulfide) groups is 1. The fourth-order valence-electron chi connectivity index (χ4n) is 2.55. The lowest BCUT2D eigenvalue weighted by atomic mass is 10.1. The van der Waals surface area contributed by atoms with Crippen LogP contribution in [0.3, 0.4) is 0 Å². The number of hydrogen-bond acceptors (Lipinski definition) is 4. The Balaban J connectivity index is 2.10. The monoisotopic (exact) mass is 353 g/mol. The van der Waals surface area contributed by atoms with E-state index < -0.39 is 0 Å². The number of aryl methyl sites for hydroxylation is 1. The molecule has 5 heteroatoms. The molecule has 0 radical (unpaired) electrons. The number of carbonyl (C=O) groups excluding carboxylic acids is 1. The Kier molecular flexibility index (Phi) is 6.60. The van der Waals surface area contributed by atoms with Crippen LogP contribution in [0.2, 0.25) is 0 Å². The summed E-state index contributed by atoms with van der Waals surface area (Å²) >= 11 is 1.35. The number of nitrogens with zero attached hydrogens (tertiary/aromatic N) is 3. The smallest absolute Gasteiger partial charge is 0.233 e. The summed E-state index contributed by atoms with van der Waals surface area (Å²) in [5, 5.41) is 10.1. The molecule has 1 aromatic heterocycles. The van der Waals surface area contributed by atoms with E-state index in [0.717, 1.165) is 22.4 Å². The maximum Gasteiger partial charge on any atom is 0.233 e. The number of aromatic nitrogens is 1. The molecule has 2 rings (SSSR count). The number of benzene rings is 1. The van der Waals surface area contributed by atoms with Gasteiger partial charge >= 0.3 is 0 Å². The van der Waals surface area contributed by atoms with Crippen molar-refractivity contribution in [2.45, 2.75) is 39.3 Å². The summed E-state index contributed by atoms with van der Waals surface area (Å²) < 4.78 is 0. The lowest BCUT2D eigenvalue weighted by Gasteiger charge is -2.21. The standard InChI is InChI=1S/C20H23N3OS/c1-5-23(12-17-9-7-6-8-10-17)19(24)13-25-20-18(11-21)15(3)14(2)16(4)22-20/h6-10H,5,12-13H2,1-4H3. The highest BCUT2D eigenvalue weighted by Crippen LogP contribution is 2.26. The number of hydrogen-bond donors (Lipinski definition) is 0. The van der Waals surface area contributed by atoms with Crippen LogP contribution in [0.4, 0.5) is 0 Å². The molecule has 0 N–H and O–H groups in total. The molecular weight excluding hydrogens is 330 g/mol. The first-order chi connectivity index (χ1) is 12.0. The molecule has 1 heterocycles. The molecule has 1 amide bonds. The van der Waals surface area contributed by atoms with E-state index in [0.29, 0.717) is 23.7 Å². The van der Waals surface area contributed by atoms with Crippen molar-refractivity contribution in [3.8, 4) is 6.07 Å². The van der Waals surface area contributed by atoms with Crippen LogP contribution in [0.15, 0.2) is 35.4 Å². The normalized spacial score (nSPS) is 10.4. The van der Waals surface area contributed by atoms with E-state index in [1.807, 2.05) is 62.9 Å². The molecule has 25 heavy (non-hydrogen) atoms. The van der Waals surface area contributed by atoms with Crippen LogP contribution in [-0.2, 0) is 11.3 Å². The zero-order chi connectivity index (χ0) is 18.4. The molecule has 0 spiro atoms. The van der Waals surface area contributed by atoms with Gasteiger partial charge in [0.25, 0.3) is 0 Å². The molecule has 0 unspecified atom stereocenters. The third-order valence-corrected chi connectivity index (χ3v) is 5.32. The van der Waals surface area contributed by atoms with Crippen LogP contribution in [-0.4, -0.2) is 28.1 Å². The maximum absolute atomic E-state index is 12.6. The van der Waals surface area contributed by atoms with Gasteiger partial charge in [0.2, 0.25) is 5.91 Å². The highest BCUT2D eigenvalue weighted by Gasteiger charge is 2.17. The van der Waals surface area contributed by atoms with Gasteiger partial charge in [-0.1, -0.05) is 42.1 Å². The van der Waals surface area contributed by atoms with Crippen molar-refractivity contribution >= 4 is 17.7 Å². The second-order valence-corrected chi connectivity index (χ2v) is 6.89. The van der Waals surface area contributed by atoms with Crippen LogP contribution in [0.25, 0.3) is 0 Å². The van der Waals surface area contributed by atoms with Crippen molar-refractivity contribution in [3.05, 3.63) is 58.3 Å². The number of nitriles is 1. The number of carbonyl (C=O) groups is 1. The summed E-state index contributed by atoms with van der Waals surface area (Å²) in [6, 6.07) is 12.2. The summed E-state index contributed by atoms with van der Waals surface area (Å²) in [6.45, 7) is 9.06. The first-order valence-corrected chi connectivity index (χ1v) is 9.28. The molecule has 0 saturated carbocycles. The summed E-state index contributed by atoms with van der Waals surface area (Å²) in [7, 11) is 0. The molecule has 0 bridgehead atoms. The SMILES string of the molecule is CCN(Cc1ccccc1)C(=O)CSc1nc(C)c(C)c(C)c1C#N. The fourth-order valence-corrected chi connectivity index (χ4v) is 3.54. The fraction of sp³-hybridized carbons (Fsp3) is 0.350. The predicted octanol–water partition coefficient (Wildman–Crippen LogP) is 4.02. The largest absolute Gasteiger partial charge is 0.338 e. The average molecular weight is 353 g/mol. The molecule has 0 aliphatic heterocycles. The van der Waals surface area contributed by atoms with Crippen molar-refractivity contribution in [1.29, 1.82) is 5.26 Å². The zero-order valence-corrected chi connectivity index (χ0v) is 16.0. The quantitative estimate of drug-likeness (QED) is 0.736. The summed E-state index contributed by atoms with van der Waals surface area (Å²) in [5.74, 6) is 0.336. The third kappa shape index (κ3) is 4.61. The molecule has 0 atom stereocenters. The Morgan fingerprint density at radius 1 is 1.20 bits per heavy atom. The topological polar surface area (TPSA) is 57.0 Å². The minimum absolute atomic E-state index is 0.0536. The number of pyridine rings is 1. The van der Waals surface area contributed by atoms with E-state index >= 15 is 0 Å². The Morgan fingerprint density at radius 2 is 1.88 bits per heavy atom. The second kappa shape index (κ2) is 8.68. The first-order valence-electron chi connectivity index (χ1n) is 8.30. The maximum atomic E-state index is 12.6. The van der Waals surface area contributed by atoms with Crippen molar-refractivity contribution in [3.63, 3.8) is 0 Å². The van der Waals surface area contributed by atoms with E-state index in [9.17, 15) is 10.1 Å². The van der Waals surface area contributed by atoms with Crippen molar-refractivity contribution in [1.82, 2.24) is 9.88 Å². The van der Waals surface area contributed by atoms with Gasteiger partial charge in [-0.05, 0) is 44.4 Å². The van der Waals surface area contributed by atoms with Gasteiger partial charge in [0, 0.05) is 18.8 Å². The van der Waals surface area contributed by atoms with E-state index in [1.165, 1.54) is 11.8 Å². The van der Waals surface area contributed by atoms with Gasteiger partial charge in [0.1, 0.15) is 11.1 Å². The molecule has 4 nitrogen and oxygen atoms in total. The lowest BCUT2D eigenvalue weighted by Crippen LogP contribution is -2.31. The Morgan fingerprint density at radius 3 is 2.48 bits per heavy atom. The highest BCUT2D eigenvalue weighted by molar-refractivity contribution is 8.00. The van der Waals surface area contributed by atoms with Crippen molar-refractivity contribution in [2.24, 2.45) is 0 Å². The molecule has 0 saturated heterocycles. The van der Waals surface area contributed by atoms with E-state index in [-0.39, 0.29) is 11.7 Å². The highest BCUT2D eigenvalue weighted by atomic mass is 32.2. The Bertz CT molecular complexity index is 797. The first kappa shape index (κ1) is 19.0. The second-order valence-electron chi connectivity index (χ2n) is 5.92. The molecule has 0 fully saturated rings. The van der Waals surface area contributed by atoms with E-state index in [4.69, 9.17) is 0 Å². The van der Waals surface area contributed by atoms with Gasteiger partial charge in [0.15, 0.2) is 0 Å². The summed E-state index contributed by atoms with van der Waals surface area (Å²) in [6.07, 6.45) is 0. The van der Waals surface area contributed by atoms with Crippen LogP contribution in [0, 0.1) is 32.1 Å². The molecule has 2 aromatic rings. The third-order valence-electron chi connectivity index (χ3n) is 4.36. The molecule has 0 aliphatic carbocycles. The predicted molar refractivity (Wildman–Crippen MR) is 101 cm³/mol. The number of amides is 1. The van der Waals surface area contributed by atoms with Crippen molar-refractivity contribution < 1.29 is 4.79 Å². The molecule has 0 aliphatic rings. The van der Waals surface area contributed by atoms with Crippen LogP contribution >= 0.6 is 11.8 Å². The average Bonchev–Trinajstić information content (AvgIpc) is 2.63. The van der Waals surface area contributed by atoms with E-state index in [1.54, 1.807) is 0 Å². The van der Waals surface area contributed by atoms with Crippen LogP contribution < -0.4 is 0 Å². The van der Waals surface area contributed by atoms with Crippen LogP contribution in [0.5, 0.6) is 0 Å². The lowest BCUT2D eigenvalue weighted by molar-refractivity contribution is -0.128. The number of rotatable bonds is 6. The van der Waals surface area contributed by atoms with Gasteiger partial charge in [-0.3, -0.25) is 4.79 Å². The zero-order valence-electron chi connectivity index (χ0n) is 15.2. The van der Waals surface area contributed by atoms with Gasteiger partial charge in [-0.25, -0.2) is 4.98 Å². The van der Waals surface area contributed by atoms with Gasteiger partial charge in [0.05, 0.1) is 11.3 Å². The molecule has 1 aromatic carbocycles. The molecule has 130 valence electrons. The van der Waals surface area contributed by atoms with Gasteiger partial charge < -0.3 is 4.90 Å². The minimum Gasteiger partial charge on any atom is -0.338 e. The Hall–Kier alpha value is -2.32. The van der Waals surface area contributed by atoms with Gasteiger partial charge in [-0.2, -0.15) is 5.26 Å².